The molecule has 6 heteroatoms. The van der Waals surface area contributed by atoms with Gasteiger partial charge >= 0.3 is 0 Å². The second-order valence-electron chi connectivity index (χ2n) is 6.67. The van der Waals surface area contributed by atoms with E-state index in [1.165, 1.54) is 37.1 Å². The van der Waals surface area contributed by atoms with Gasteiger partial charge in [-0.1, -0.05) is 32.8 Å². The Morgan fingerprint density at radius 1 is 0.731 bits per heavy atom. The molecule has 0 N–H and O–H groups in total. The van der Waals surface area contributed by atoms with Crippen LogP contribution in [0.1, 0.15) is 39.5 Å². The molecular weight excluding hydrogens is 367 g/mol. The van der Waals surface area contributed by atoms with Crippen molar-refractivity contribution in [2.24, 2.45) is 0 Å². The molecular formula is C20H32Cl2N4. The Bertz CT molecular complexity index is 544. The molecule has 26 heavy (non-hydrogen) atoms. The maximum Gasteiger partial charge on any atom is 0.0941 e. The fraction of sp³-hybridized carbons (Fsp3) is 0.500. The molecule has 3 rings (SSSR count). The summed E-state index contributed by atoms with van der Waals surface area (Å²) in [6, 6.07) is 8.86. The highest BCUT2D eigenvalue weighted by Crippen LogP contribution is 2.27. The molecule has 1 aromatic carbocycles. The Morgan fingerprint density at radius 2 is 1.19 bits per heavy atom. The average molecular weight is 399 g/mol. The van der Waals surface area contributed by atoms with Gasteiger partial charge in [-0.05, 0) is 31.0 Å². The van der Waals surface area contributed by atoms with E-state index >= 15 is 0 Å². The van der Waals surface area contributed by atoms with Gasteiger partial charge < -0.3 is 19.6 Å². The van der Waals surface area contributed by atoms with Gasteiger partial charge in [-0.15, -0.1) is 24.8 Å². The third-order valence-electron chi connectivity index (χ3n) is 4.67. The van der Waals surface area contributed by atoms with Crippen LogP contribution in [0.25, 0.3) is 0 Å². The molecule has 2 heterocycles. The predicted molar refractivity (Wildman–Crippen MR) is 117 cm³/mol. The van der Waals surface area contributed by atoms with E-state index in [4.69, 9.17) is 0 Å². The van der Waals surface area contributed by atoms with Crippen molar-refractivity contribution in [1.29, 1.82) is 0 Å². The Morgan fingerprint density at radius 3 is 1.62 bits per heavy atom. The molecule has 0 aliphatic carbocycles. The first-order chi connectivity index (χ1) is 11.8. The van der Waals surface area contributed by atoms with Crippen LogP contribution in [0.15, 0.2) is 49.1 Å². The molecule has 1 aromatic rings. The van der Waals surface area contributed by atoms with Crippen LogP contribution >= 0.6 is 24.8 Å². The predicted octanol–water partition coefficient (Wildman–Crippen LogP) is 5.23. The molecule has 146 valence electrons. The zero-order chi connectivity index (χ0) is 16.8. The van der Waals surface area contributed by atoms with Gasteiger partial charge in [-0.2, -0.15) is 0 Å². The van der Waals surface area contributed by atoms with Crippen molar-refractivity contribution in [1.82, 2.24) is 9.80 Å². The van der Waals surface area contributed by atoms with Crippen molar-refractivity contribution >= 4 is 36.2 Å². The van der Waals surface area contributed by atoms with E-state index in [9.17, 15) is 0 Å². The Labute approximate surface area is 170 Å². The first kappa shape index (κ1) is 22.5. The van der Waals surface area contributed by atoms with Gasteiger partial charge in [0.1, 0.15) is 0 Å². The standard InChI is InChI=1S/C20H30N4.2ClH/c1-3-5-10-21-12-14-23(17-21)19-8-7-9-20(16-19)24-15-13-22(18-24)11-6-4-2;;/h7-9,12-16H,3-6,10-11,17-18H2,1-2H3;2*1H. The summed E-state index contributed by atoms with van der Waals surface area (Å²) in [6.45, 7) is 8.70. The molecule has 4 nitrogen and oxygen atoms in total. The van der Waals surface area contributed by atoms with Crippen LogP contribution in [0.3, 0.4) is 0 Å². The summed E-state index contributed by atoms with van der Waals surface area (Å²) in [5.41, 5.74) is 2.53. The normalized spacial score (nSPS) is 15.5. The van der Waals surface area contributed by atoms with E-state index in [2.05, 4.69) is 82.5 Å². The summed E-state index contributed by atoms with van der Waals surface area (Å²) in [6.07, 6.45) is 13.8. The zero-order valence-corrected chi connectivity index (χ0v) is 17.5. The van der Waals surface area contributed by atoms with E-state index in [0.29, 0.717) is 0 Å². The maximum atomic E-state index is 2.39. The lowest BCUT2D eigenvalue weighted by atomic mass is 10.2. The molecule has 0 saturated carbocycles. The number of halogens is 2. The summed E-state index contributed by atoms with van der Waals surface area (Å²) in [4.78, 5) is 9.43. The first-order valence-corrected chi connectivity index (χ1v) is 9.28. The monoisotopic (exact) mass is 398 g/mol. The number of nitrogens with zero attached hydrogens (tertiary/aromatic N) is 4. The van der Waals surface area contributed by atoms with Gasteiger partial charge in [0.25, 0.3) is 0 Å². The number of unbranched alkanes of at least 4 members (excludes halogenated alkanes) is 2. The third kappa shape index (κ3) is 5.75. The van der Waals surface area contributed by atoms with E-state index in [0.717, 1.165) is 26.4 Å². The minimum Gasteiger partial charge on any atom is -0.358 e. The number of anilines is 2. The quantitative estimate of drug-likeness (QED) is 0.593. The van der Waals surface area contributed by atoms with Crippen LogP contribution in [0, 0.1) is 0 Å². The topological polar surface area (TPSA) is 13.0 Å². The molecule has 0 amide bonds. The second-order valence-corrected chi connectivity index (χ2v) is 6.67. The molecule has 2 aliphatic rings. The van der Waals surface area contributed by atoms with E-state index < -0.39 is 0 Å². The zero-order valence-electron chi connectivity index (χ0n) is 15.9. The van der Waals surface area contributed by atoms with E-state index in [-0.39, 0.29) is 24.8 Å². The van der Waals surface area contributed by atoms with Crippen LogP contribution in [-0.4, -0.2) is 36.2 Å². The van der Waals surface area contributed by atoms with Crippen LogP contribution in [0.2, 0.25) is 0 Å². The minimum atomic E-state index is 0. The van der Waals surface area contributed by atoms with Crippen molar-refractivity contribution in [2.45, 2.75) is 39.5 Å². The van der Waals surface area contributed by atoms with E-state index in [1.807, 2.05) is 0 Å². The van der Waals surface area contributed by atoms with Crippen molar-refractivity contribution in [3.63, 3.8) is 0 Å². The van der Waals surface area contributed by atoms with Gasteiger partial charge in [-0.3, -0.25) is 0 Å². The van der Waals surface area contributed by atoms with Crippen LogP contribution < -0.4 is 9.80 Å². The number of rotatable bonds is 8. The van der Waals surface area contributed by atoms with Gasteiger partial charge in [0.15, 0.2) is 0 Å². The largest absolute Gasteiger partial charge is 0.358 e. The smallest absolute Gasteiger partial charge is 0.0941 e. The van der Waals surface area contributed by atoms with Gasteiger partial charge in [0.2, 0.25) is 0 Å². The third-order valence-corrected chi connectivity index (χ3v) is 4.67. The van der Waals surface area contributed by atoms with Crippen molar-refractivity contribution in [3.8, 4) is 0 Å². The van der Waals surface area contributed by atoms with Crippen LogP contribution in [0.5, 0.6) is 0 Å². The maximum absolute atomic E-state index is 2.39. The lowest BCUT2D eigenvalue weighted by Crippen LogP contribution is -2.27. The fourth-order valence-electron chi connectivity index (χ4n) is 3.13. The number of hydrogen-bond donors (Lipinski definition) is 0. The Kier molecular flexibility index (Phi) is 9.74. The molecule has 0 spiro atoms. The molecule has 0 unspecified atom stereocenters. The van der Waals surface area contributed by atoms with Crippen molar-refractivity contribution in [3.05, 3.63) is 49.1 Å². The SMILES string of the molecule is CCCCN1C=CN(c2cccc(N3C=CN(CCCC)C3)c2)C1.Cl.Cl. The highest BCUT2D eigenvalue weighted by Gasteiger charge is 2.17. The van der Waals surface area contributed by atoms with Crippen LogP contribution in [0.4, 0.5) is 11.4 Å². The highest BCUT2D eigenvalue weighted by atomic mass is 35.5. The summed E-state index contributed by atoms with van der Waals surface area (Å²) < 4.78 is 0. The number of benzene rings is 1. The van der Waals surface area contributed by atoms with Crippen molar-refractivity contribution in [2.75, 3.05) is 36.2 Å². The minimum absolute atomic E-state index is 0. The Hall–Kier alpha value is -1.52. The van der Waals surface area contributed by atoms with Gasteiger partial charge in [-0.25, -0.2) is 0 Å². The average Bonchev–Trinajstić information content (AvgIpc) is 3.28. The summed E-state index contributed by atoms with van der Waals surface area (Å²) >= 11 is 0. The lowest BCUT2D eigenvalue weighted by molar-refractivity contribution is 0.395. The molecule has 0 fully saturated rings. The van der Waals surface area contributed by atoms with Crippen molar-refractivity contribution < 1.29 is 0 Å². The van der Waals surface area contributed by atoms with Crippen LogP contribution in [-0.2, 0) is 0 Å². The fourth-order valence-corrected chi connectivity index (χ4v) is 3.13. The summed E-state index contributed by atoms with van der Waals surface area (Å²) in [5.74, 6) is 0. The lowest BCUT2D eigenvalue weighted by Gasteiger charge is -2.24. The first-order valence-electron chi connectivity index (χ1n) is 9.28. The molecule has 0 saturated heterocycles. The molecule has 0 aromatic heterocycles. The molecule has 2 aliphatic heterocycles. The summed E-state index contributed by atoms with van der Waals surface area (Å²) in [7, 11) is 0. The van der Waals surface area contributed by atoms with Gasteiger partial charge in [0, 0.05) is 49.3 Å². The summed E-state index contributed by atoms with van der Waals surface area (Å²) in [5, 5.41) is 0. The second kappa shape index (κ2) is 11.2. The van der Waals surface area contributed by atoms with E-state index in [1.54, 1.807) is 0 Å². The number of hydrogen-bond acceptors (Lipinski definition) is 4. The highest BCUT2D eigenvalue weighted by molar-refractivity contribution is 5.85. The molecule has 0 atom stereocenters. The van der Waals surface area contributed by atoms with Gasteiger partial charge in [0.05, 0.1) is 13.3 Å². The molecule has 0 radical (unpaired) electrons. The molecule has 0 bridgehead atoms. The Balaban J connectivity index is 0.00000169.